The fraction of sp³-hybridized carbons (Fsp3) is 0.538. The summed E-state index contributed by atoms with van der Waals surface area (Å²) in [4.78, 5) is 49.8. The highest BCUT2D eigenvalue weighted by Gasteiger charge is 2.29. The molecule has 12 heteroatoms. The van der Waals surface area contributed by atoms with Crippen LogP contribution in [0.3, 0.4) is 0 Å². The predicted octanol–water partition coefficient (Wildman–Crippen LogP) is 5.49. The Labute approximate surface area is 222 Å². The number of carbonyl (C=O) groups is 3. The summed E-state index contributed by atoms with van der Waals surface area (Å²) in [5, 5.41) is 21.4. The Hall–Kier alpha value is -4.14. The highest BCUT2D eigenvalue weighted by molar-refractivity contribution is 6.01. The van der Waals surface area contributed by atoms with Crippen molar-refractivity contribution in [2.45, 2.75) is 55.4 Å². The molecule has 0 aliphatic rings. The maximum absolute atomic E-state index is 12.7. The Bertz CT molecular complexity index is 1120. The summed E-state index contributed by atoms with van der Waals surface area (Å²) in [5.74, 6) is -1.82. The largest absolute Gasteiger partial charge is 0.514 e. The number of amides is 1. The van der Waals surface area contributed by atoms with Crippen LogP contribution in [0.1, 0.15) is 61.0 Å². The van der Waals surface area contributed by atoms with E-state index in [0.717, 1.165) is 18.2 Å². The number of hydrogen-bond acceptors (Lipinski definition) is 10. The number of nitro benzene ring substituents is 1. The van der Waals surface area contributed by atoms with E-state index in [2.05, 4.69) is 0 Å². The summed E-state index contributed by atoms with van der Waals surface area (Å²) in [6.45, 7) is 14.9. The number of nitro groups is 1. The van der Waals surface area contributed by atoms with Crippen LogP contribution in [0.2, 0.25) is 0 Å². The lowest BCUT2D eigenvalue weighted by Crippen LogP contribution is -2.31. The number of benzene rings is 1. The average molecular weight is 534 g/mol. The van der Waals surface area contributed by atoms with Crippen LogP contribution < -0.4 is 9.47 Å². The molecule has 1 amide bonds. The first-order valence-corrected chi connectivity index (χ1v) is 11.9. The second-order valence-electron chi connectivity index (χ2n) is 10.7. The molecule has 0 saturated heterocycles. The quantitative estimate of drug-likeness (QED) is 0.0991. The molecule has 0 aliphatic heterocycles. The van der Waals surface area contributed by atoms with Crippen LogP contribution >= 0.6 is 0 Å². The van der Waals surface area contributed by atoms with Gasteiger partial charge in [0.2, 0.25) is 0 Å². The van der Waals surface area contributed by atoms with Crippen LogP contribution in [0, 0.1) is 32.3 Å². The molecule has 0 unspecified atom stereocenters. The number of rotatable bonds is 9. The van der Waals surface area contributed by atoms with Crippen molar-refractivity contribution >= 4 is 30.0 Å². The minimum Gasteiger partial charge on any atom is -0.433 e. The number of nitriles is 1. The Balaban J connectivity index is 3.60. The molecule has 0 atom stereocenters. The molecule has 0 bridgehead atoms. The van der Waals surface area contributed by atoms with E-state index < -0.39 is 51.2 Å². The van der Waals surface area contributed by atoms with Crippen molar-refractivity contribution in [3.05, 3.63) is 33.4 Å². The first kappa shape index (κ1) is 31.9. The van der Waals surface area contributed by atoms with Gasteiger partial charge in [-0.2, -0.15) is 5.26 Å². The molecule has 0 aliphatic carbocycles. The zero-order chi connectivity index (χ0) is 29.3. The molecule has 0 N–H and O–H groups in total. The highest BCUT2D eigenvalue weighted by atomic mass is 16.7. The van der Waals surface area contributed by atoms with Gasteiger partial charge < -0.3 is 23.8 Å². The number of hydrogen-bond donors (Lipinski definition) is 0. The average Bonchev–Trinajstić information content (AvgIpc) is 2.80. The SMILES string of the molecule is CCN(CC)C(=O)/C(C#N)=C/c1cc(OC(=O)OCC(C)(C)C)c(OC(=O)OCC(C)(C)C)c([N+](=O)[O-])c1. The number of nitrogens with zero attached hydrogens (tertiary/aromatic N) is 3. The highest BCUT2D eigenvalue weighted by Crippen LogP contribution is 2.40. The molecule has 208 valence electrons. The van der Waals surface area contributed by atoms with Gasteiger partial charge in [-0.05, 0) is 42.4 Å². The van der Waals surface area contributed by atoms with Crippen molar-refractivity contribution in [1.82, 2.24) is 4.90 Å². The summed E-state index contributed by atoms with van der Waals surface area (Å²) < 4.78 is 20.4. The first-order chi connectivity index (χ1) is 17.5. The molecule has 0 fully saturated rings. The molecule has 0 radical (unpaired) electrons. The van der Waals surface area contributed by atoms with Crippen LogP contribution in [0.25, 0.3) is 6.08 Å². The third-order valence-electron chi connectivity index (χ3n) is 4.59. The van der Waals surface area contributed by atoms with Crippen molar-refractivity contribution in [1.29, 1.82) is 5.26 Å². The molecule has 1 rings (SSSR count). The van der Waals surface area contributed by atoms with Gasteiger partial charge in [0.1, 0.15) is 11.6 Å². The molecule has 1 aromatic rings. The molecular weight excluding hydrogens is 498 g/mol. The Morgan fingerprint density at radius 2 is 1.47 bits per heavy atom. The van der Waals surface area contributed by atoms with E-state index in [4.69, 9.17) is 18.9 Å². The van der Waals surface area contributed by atoms with Gasteiger partial charge in [0.05, 0.1) is 18.1 Å². The van der Waals surface area contributed by atoms with Gasteiger partial charge >= 0.3 is 18.0 Å². The molecule has 0 spiro atoms. The minimum atomic E-state index is -1.26. The zero-order valence-corrected chi connectivity index (χ0v) is 23.1. The third kappa shape index (κ3) is 10.5. The predicted molar refractivity (Wildman–Crippen MR) is 137 cm³/mol. The standard InChI is InChI=1S/C26H35N3O9/c1-9-28(10-2)22(30)18(14-27)11-17-12-19(29(33)34)21(38-24(32)36-16-26(6,7)8)20(13-17)37-23(31)35-15-25(3,4)5/h11-13H,9-10,15-16H2,1-8H3/b18-11+. The molecule has 38 heavy (non-hydrogen) atoms. The lowest BCUT2D eigenvalue weighted by Gasteiger charge is -2.19. The molecule has 12 nitrogen and oxygen atoms in total. The maximum Gasteiger partial charge on any atom is 0.514 e. The van der Waals surface area contributed by atoms with E-state index in [-0.39, 0.29) is 24.4 Å². The number of carbonyl (C=O) groups excluding carboxylic acids is 3. The van der Waals surface area contributed by atoms with Gasteiger partial charge in [-0.15, -0.1) is 0 Å². The molecule has 0 heterocycles. The lowest BCUT2D eigenvalue weighted by molar-refractivity contribution is -0.385. The van der Waals surface area contributed by atoms with E-state index in [1.807, 2.05) is 20.8 Å². The molecular formula is C26H35N3O9. The van der Waals surface area contributed by atoms with Crippen LogP contribution in [-0.2, 0) is 14.3 Å². The summed E-state index contributed by atoms with van der Waals surface area (Å²) in [6.07, 6.45) is -1.35. The second kappa shape index (κ2) is 13.4. The normalized spacial score (nSPS) is 11.7. The van der Waals surface area contributed by atoms with Gasteiger partial charge in [0, 0.05) is 19.2 Å². The topological polar surface area (TPSA) is 158 Å². The van der Waals surface area contributed by atoms with E-state index in [1.54, 1.807) is 40.7 Å². The van der Waals surface area contributed by atoms with E-state index in [0.29, 0.717) is 13.1 Å². The van der Waals surface area contributed by atoms with Crippen LogP contribution in [-0.4, -0.2) is 54.3 Å². The van der Waals surface area contributed by atoms with Crippen molar-refractivity contribution in [2.24, 2.45) is 10.8 Å². The Kier molecular flexibility index (Phi) is 11.3. The van der Waals surface area contributed by atoms with Gasteiger partial charge in [0.25, 0.3) is 11.7 Å². The first-order valence-electron chi connectivity index (χ1n) is 11.9. The van der Waals surface area contributed by atoms with Gasteiger partial charge in [0.15, 0.2) is 5.75 Å². The van der Waals surface area contributed by atoms with Crippen LogP contribution in [0.15, 0.2) is 17.7 Å². The summed E-state index contributed by atoms with van der Waals surface area (Å²) in [7, 11) is 0. The van der Waals surface area contributed by atoms with Gasteiger partial charge in [-0.3, -0.25) is 14.9 Å². The summed E-state index contributed by atoms with van der Waals surface area (Å²) in [6, 6.07) is 3.88. The van der Waals surface area contributed by atoms with Crippen molar-refractivity contribution in [3.63, 3.8) is 0 Å². The molecule has 0 saturated carbocycles. The third-order valence-corrected chi connectivity index (χ3v) is 4.59. The lowest BCUT2D eigenvalue weighted by atomic mass is 9.99. The van der Waals surface area contributed by atoms with Crippen molar-refractivity contribution < 1.29 is 38.3 Å². The van der Waals surface area contributed by atoms with Crippen LogP contribution in [0.4, 0.5) is 15.3 Å². The zero-order valence-electron chi connectivity index (χ0n) is 23.1. The van der Waals surface area contributed by atoms with Gasteiger partial charge in [-0.25, -0.2) is 9.59 Å². The fourth-order valence-corrected chi connectivity index (χ4v) is 2.78. The van der Waals surface area contributed by atoms with E-state index in [9.17, 15) is 29.8 Å². The molecule has 0 aromatic heterocycles. The van der Waals surface area contributed by atoms with Crippen molar-refractivity contribution in [3.8, 4) is 17.6 Å². The van der Waals surface area contributed by atoms with Crippen molar-refractivity contribution in [2.75, 3.05) is 26.3 Å². The minimum absolute atomic E-state index is 0.0252. The smallest absolute Gasteiger partial charge is 0.433 e. The number of ether oxygens (including phenoxy) is 4. The maximum atomic E-state index is 12.7. The number of likely N-dealkylation sites (N-methyl/N-ethyl adjacent to an activating group) is 1. The second-order valence-corrected chi connectivity index (χ2v) is 10.7. The monoisotopic (exact) mass is 533 g/mol. The van der Waals surface area contributed by atoms with Crippen LogP contribution in [0.5, 0.6) is 11.5 Å². The summed E-state index contributed by atoms with van der Waals surface area (Å²) in [5.41, 5.74) is -1.91. The summed E-state index contributed by atoms with van der Waals surface area (Å²) >= 11 is 0. The fourth-order valence-electron chi connectivity index (χ4n) is 2.78. The Morgan fingerprint density at radius 1 is 0.974 bits per heavy atom. The Morgan fingerprint density at radius 3 is 1.89 bits per heavy atom. The van der Waals surface area contributed by atoms with Gasteiger partial charge in [-0.1, -0.05) is 41.5 Å². The molecule has 1 aromatic carbocycles. The van der Waals surface area contributed by atoms with E-state index >= 15 is 0 Å². The van der Waals surface area contributed by atoms with E-state index in [1.165, 1.54) is 4.90 Å².